The van der Waals surface area contributed by atoms with E-state index in [-0.39, 0.29) is 0 Å². The second-order valence-electron chi connectivity index (χ2n) is 1.78. The summed E-state index contributed by atoms with van der Waals surface area (Å²) < 4.78 is 4.94. The molecule has 0 aromatic carbocycles. The minimum atomic E-state index is 0.388. The molecule has 2 nitrogen and oxygen atoms in total. The van der Waals surface area contributed by atoms with Gasteiger partial charge in [-0.15, -0.1) is 0 Å². The maximum atomic E-state index is 5.64. The third-order valence-electron chi connectivity index (χ3n) is 1.18. The standard InChI is InChI=1S/C7H7ClNO/c1-5-6(10-2)3-4-9-7(5)8/h3-4H,1H2,2H3. The second-order valence-corrected chi connectivity index (χ2v) is 2.14. The van der Waals surface area contributed by atoms with E-state index in [4.69, 9.17) is 16.3 Å². The minimum Gasteiger partial charge on any atom is -0.496 e. The van der Waals surface area contributed by atoms with Gasteiger partial charge in [0.15, 0.2) is 0 Å². The van der Waals surface area contributed by atoms with Gasteiger partial charge in [-0.25, -0.2) is 4.98 Å². The molecule has 3 heteroatoms. The average Bonchev–Trinajstić information content (AvgIpc) is 1.95. The Kier molecular flexibility index (Phi) is 2.12. The molecule has 1 rings (SSSR count). The molecule has 0 fully saturated rings. The monoisotopic (exact) mass is 156 g/mol. The zero-order valence-electron chi connectivity index (χ0n) is 5.60. The Morgan fingerprint density at radius 3 is 2.90 bits per heavy atom. The average molecular weight is 157 g/mol. The van der Waals surface area contributed by atoms with E-state index < -0.39 is 0 Å². The molecule has 0 aliphatic heterocycles. The fourth-order valence-electron chi connectivity index (χ4n) is 0.642. The van der Waals surface area contributed by atoms with Crippen LogP contribution in [0.15, 0.2) is 12.3 Å². The Morgan fingerprint density at radius 1 is 1.70 bits per heavy atom. The summed E-state index contributed by atoms with van der Waals surface area (Å²) in [6, 6.07) is 1.72. The summed E-state index contributed by atoms with van der Waals surface area (Å²) in [7, 11) is 1.57. The zero-order valence-corrected chi connectivity index (χ0v) is 6.35. The highest BCUT2D eigenvalue weighted by Gasteiger charge is 2.00. The molecule has 1 radical (unpaired) electrons. The number of aromatic nitrogens is 1. The highest BCUT2D eigenvalue weighted by Crippen LogP contribution is 2.21. The number of hydrogen-bond acceptors (Lipinski definition) is 2. The molecule has 0 N–H and O–H groups in total. The van der Waals surface area contributed by atoms with E-state index in [2.05, 4.69) is 11.9 Å². The van der Waals surface area contributed by atoms with Crippen molar-refractivity contribution in [1.82, 2.24) is 4.98 Å². The summed E-state index contributed by atoms with van der Waals surface area (Å²) >= 11 is 5.64. The molecule has 53 valence electrons. The molecule has 0 aliphatic carbocycles. The summed E-state index contributed by atoms with van der Waals surface area (Å²) in [5.74, 6) is 0.667. The lowest BCUT2D eigenvalue weighted by Crippen LogP contribution is -1.88. The van der Waals surface area contributed by atoms with Crippen molar-refractivity contribution < 1.29 is 4.74 Å². The van der Waals surface area contributed by atoms with E-state index in [1.54, 1.807) is 19.4 Å². The molecule has 1 aromatic heterocycles. The molecule has 0 spiro atoms. The van der Waals surface area contributed by atoms with Crippen molar-refractivity contribution in [3.8, 4) is 5.75 Å². The Hall–Kier alpha value is -0.760. The van der Waals surface area contributed by atoms with Crippen LogP contribution in [0.25, 0.3) is 0 Å². The van der Waals surface area contributed by atoms with Crippen LogP contribution in [0.4, 0.5) is 0 Å². The van der Waals surface area contributed by atoms with Gasteiger partial charge in [-0.3, -0.25) is 0 Å². The van der Waals surface area contributed by atoms with Crippen molar-refractivity contribution in [2.75, 3.05) is 7.11 Å². The van der Waals surface area contributed by atoms with Gasteiger partial charge in [0.1, 0.15) is 10.9 Å². The van der Waals surface area contributed by atoms with Gasteiger partial charge < -0.3 is 4.74 Å². The first-order valence-electron chi connectivity index (χ1n) is 2.76. The molecule has 0 saturated heterocycles. The predicted octanol–water partition coefficient (Wildman–Crippen LogP) is 1.93. The molecule has 0 unspecified atom stereocenters. The highest BCUT2D eigenvalue weighted by molar-refractivity contribution is 6.30. The van der Waals surface area contributed by atoms with Crippen molar-refractivity contribution in [1.29, 1.82) is 0 Å². The lowest BCUT2D eigenvalue weighted by atomic mass is 10.3. The quantitative estimate of drug-likeness (QED) is 0.580. The molecule has 0 saturated carbocycles. The zero-order chi connectivity index (χ0) is 7.56. The van der Waals surface area contributed by atoms with Crippen LogP contribution in [-0.2, 0) is 0 Å². The molecular weight excluding hydrogens is 150 g/mol. The molecule has 1 heterocycles. The molecule has 0 atom stereocenters. The van der Waals surface area contributed by atoms with Gasteiger partial charge in [0.05, 0.1) is 7.11 Å². The first-order valence-corrected chi connectivity index (χ1v) is 3.14. The lowest BCUT2D eigenvalue weighted by Gasteiger charge is -2.02. The predicted molar refractivity (Wildman–Crippen MR) is 40.3 cm³/mol. The van der Waals surface area contributed by atoms with Crippen LogP contribution in [0.1, 0.15) is 5.56 Å². The van der Waals surface area contributed by atoms with E-state index in [0.29, 0.717) is 16.5 Å². The van der Waals surface area contributed by atoms with Crippen LogP contribution >= 0.6 is 11.6 Å². The molecule has 1 aromatic rings. The number of methoxy groups -OCH3 is 1. The summed E-state index contributed by atoms with van der Waals surface area (Å²) in [6.45, 7) is 3.67. The van der Waals surface area contributed by atoms with Gasteiger partial charge >= 0.3 is 0 Å². The summed E-state index contributed by atoms with van der Waals surface area (Å²) in [4.78, 5) is 3.81. The first kappa shape index (κ1) is 7.35. The SMILES string of the molecule is [CH2]c1c(OC)ccnc1Cl. The van der Waals surface area contributed by atoms with Crippen molar-refractivity contribution in [2.24, 2.45) is 0 Å². The van der Waals surface area contributed by atoms with Gasteiger partial charge in [-0.1, -0.05) is 11.6 Å². The van der Waals surface area contributed by atoms with E-state index in [1.165, 1.54) is 0 Å². The van der Waals surface area contributed by atoms with Crippen LogP contribution in [0.2, 0.25) is 5.15 Å². The Labute approximate surface area is 64.8 Å². The van der Waals surface area contributed by atoms with Crippen LogP contribution in [0, 0.1) is 6.92 Å². The third-order valence-corrected chi connectivity index (χ3v) is 1.51. The van der Waals surface area contributed by atoms with Gasteiger partial charge in [0.25, 0.3) is 0 Å². The Bertz CT molecular complexity index is 237. The number of halogens is 1. The lowest BCUT2D eigenvalue weighted by molar-refractivity contribution is 0.412. The molecular formula is C7H7ClNO. The van der Waals surface area contributed by atoms with Crippen molar-refractivity contribution in [3.63, 3.8) is 0 Å². The second kappa shape index (κ2) is 2.88. The maximum absolute atomic E-state index is 5.64. The highest BCUT2D eigenvalue weighted by atomic mass is 35.5. The normalized spacial score (nSPS) is 9.50. The number of ether oxygens (including phenoxy) is 1. The van der Waals surface area contributed by atoms with Crippen LogP contribution in [-0.4, -0.2) is 12.1 Å². The molecule has 10 heavy (non-hydrogen) atoms. The number of nitrogens with zero attached hydrogens (tertiary/aromatic N) is 1. The largest absolute Gasteiger partial charge is 0.496 e. The Morgan fingerprint density at radius 2 is 2.40 bits per heavy atom. The van der Waals surface area contributed by atoms with E-state index in [9.17, 15) is 0 Å². The minimum absolute atomic E-state index is 0.388. The van der Waals surface area contributed by atoms with Gasteiger partial charge in [-0.2, -0.15) is 0 Å². The first-order chi connectivity index (χ1) is 4.75. The topological polar surface area (TPSA) is 22.1 Å². The Balaban J connectivity index is 3.14. The third kappa shape index (κ3) is 1.21. The van der Waals surface area contributed by atoms with Crippen molar-refractivity contribution >= 4 is 11.6 Å². The van der Waals surface area contributed by atoms with Gasteiger partial charge in [0.2, 0.25) is 0 Å². The van der Waals surface area contributed by atoms with Crippen LogP contribution < -0.4 is 4.74 Å². The van der Waals surface area contributed by atoms with Crippen molar-refractivity contribution in [2.45, 2.75) is 0 Å². The van der Waals surface area contributed by atoms with E-state index in [1.807, 2.05) is 0 Å². The number of hydrogen-bond donors (Lipinski definition) is 0. The summed E-state index contributed by atoms with van der Waals surface area (Å²) in [5.41, 5.74) is 0.631. The summed E-state index contributed by atoms with van der Waals surface area (Å²) in [5, 5.41) is 0.388. The fourth-order valence-corrected chi connectivity index (χ4v) is 0.791. The van der Waals surface area contributed by atoms with E-state index in [0.717, 1.165) is 0 Å². The molecule has 0 aliphatic rings. The fraction of sp³-hybridized carbons (Fsp3) is 0.143. The van der Waals surface area contributed by atoms with Gasteiger partial charge in [0, 0.05) is 11.8 Å². The molecule has 0 bridgehead atoms. The number of rotatable bonds is 1. The number of pyridine rings is 1. The van der Waals surface area contributed by atoms with Crippen LogP contribution in [0.3, 0.4) is 0 Å². The summed E-state index contributed by atoms with van der Waals surface area (Å²) in [6.07, 6.45) is 1.58. The van der Waals surface area contributed by atoms with Crippen LogP contribution in [0.5, 0.6) is 5.75 Å². The maximum Gasteiger partial charge on any atom is 0.135 e. The van der Waals surface area contributed by atoms with Gasteiger partial charge in [-0.05, 0) is 13.0 Å². The van der Waals surface area contributed by atoms with E-state index >= 15 is 0 Å². The molecule has 0 amide bonds. The smallest absolute Gasteiger partial charge is 0.135 e. The van der Waals surface area contributed by atoms with Crippen molar-refractivity contribution in [3.05, 3.63) is 29.9 Å².